The predicted molar refractivity (Wildman–Crippen MR) is 238 cm³/mol. The van der Waals surface area contributed by atoms with Crippen LogP contribution in [0.3, 0.4) is 0 Å². The van der Waals surface area contributed by atoms with Crippen LogP contribution in [0.4, 0.5) is 0 Å². The predicted octanol–water partition coefficient (Wildman–Crippen LogP) is 7.56. The monoisotopic (exact) mass is 940 g/mol. The quantitative estimate of drug-likeness (QED) is 0.0103. The summed E-state index contributed by atoms with van der Waals surface area (Å²) in [5, 5.41) is 40.8. The maximum atomic E-state index is 12.8. The van der Waals surface area contributed by atoms with Gasteiger partial charge in [0.1, 0.15) is 12.7 Å². The standard InChI is InChI=1S/C44H78O17P2/c1-3-5-7-8-9-10-11-12-13-14-15-16-17-18-23-27-42(48)56-34-38(35-59-63(54,55)58-33-37(46)32-57-62(51,52)53)60-43(49)28-24-20-19-22-26-39-40(47)31-44(50)61-41(39)30-29-36(45)25-21-6-4-2/h10-13,19,22,29-30,36-41,44-47,50H,3-9,14-18,20-21,23-28,31-35H2,1-2H3,(H,54,55)(H2,51,52,53)/b11-10-,13-12-,22-19-,30-29+/t36-,37-,38+,39-,40-,41+,44?/m0/s1. The van der Waals surface area contributed by atoms with E-state index < -0.39 is 90.8 Å². The van der Waals surface area contributed by atoms with E-state index in [4.69, 9.17) is 28.5 Å². The van der Waals surface area contributed by atoms with Gasteiger partial charge in [-0.05, 0) is 57.8 Å². The summed E-state index contributed by atoms with van der Waals surface area (Å²) in [5.74, 6) is -1.62. The van der Waals surface area contributed by atoms with Gasteiger partial charge in [-0.2, -0.15) is 0 Å². The van der Waals surface area contributed by atoms with Crippen molar-refractivity contribution in [3.05, 3.63) is 48.6 Å². The van der Waals surface area contributed by atoms with Gasteiger partial charge in [0, 0.05) is 25.2 Å². The summed E-state index contributed by atoms with van der Waals surface area (Å²) < 4.78 is 53.4. The largest absolute Gasteiger partial charge is 0.472 e. The molecule has 1 heterocycles. The summed E-state index contributed by atoms with van der Waals surface area (Å²) in [6.07, 6.45) is 25.7. The topological polar surface area (TPSA) is 265 Å². The third-order valence-electron chi connectivity index (χ3n) is 10.0. The van der Waals surface area contributed by atoms with Crippen molar-refractivity contribution in [3.8, 4) is 0 Å². The second-order valence-corrected chi connectivity index (χ2v) is 18.6. The number of allylic oxidation sites excluding steroid dienone is 6. The van der Waals surface area contributed by atoms with Crippen LogP contribution in [0.15, 0.2) is 48.6 Å². The van der Waals surface area contributed by atoms with E-state index in [1.54, 1.807) is 12.2 Å². The molecule has 7 N–H and O–H groups in total. The first kappa shape index (κ1) is 58.9. The number of aliphatic hydroxyl groups is 4. The van der Waals surface area contributed by atoms with E-state index in [-0.39, 0.29) is 25.2 Å². The van der Waals surface area contributed by atoms with Gasteiger partial charge < -0.3 is 49.3 Å². The van der Waals surface area contributed by atoms with Gasteiger partial charge in [0.25, 0.3) is 0 Å². The Labute approximate surface area is 374 Å². The van der Waals surface area contributed by atoms with E-state index in [1.165, 1.54) is 25.7 Å². The lowest BCUT2D eigenvalue weighted by Crippen LogP contribution is -2.43. The second kappa shape index (κ2) is 36.1. The van der Waals surface area contributed by atoms with Crippen LogP contribution in [-0.4, -0.2) is 110 Å². The first-order chi connectivity index (χ1) is 30.0. The highest BCUT2D eigenvalue weighted by molar-refractivity contribution is 7.47. The number of hydrogen-bond acceptors (Lipinski definition) is 14. The van der Waals surface area contributed by atoms with Crippen LogP contribution in [0.5, 0.6) is 0 Å². The Balaban J connectivity index is 2.62. The van der Waals surface area contributed by atoms with Crippen LogP contribution in [-0.2, 0) is 46.5 Å². The molecule has 0 aromatic rings. The van der Waals surface area contributed by atoms with Crippen LogP contribution in [0, 0.1) is 5.92 Å². The number of carbonyl (C=O) groups is 2. The van der Waals surface area contributed by atoms with Crippen molar-refractivity contribution in [2.24, 2.45) is 5.92 Å². The summed E-state index contributed by atoms with van der Waals surface area (Å²) in [6.45, 7) is 1.30. The Morgan fingerprint density at radius 2 is 1.29 bits per heavy atom. The lowest BCUT2D eigenvalue weighted by Gasteiger charge is -2.36. The minimum Gasteiger partial charge on any atom is -0.462 e. The third-order valence-corrected chi connectivity index (χ3v) is 11.4. The summed E-state index contributed by atoms with van der Waals surface area (Å²) in [6, 6.07) is 0. The Kier molecular flexibility index (Phi) is 33.8. The average Bonchev–Trinajstić information content (AvgIpc) is 3.22. The number of carbonyl (C=O) groups excluding carboxylic acids is 2. The van der Waals surface area contributed by atoms with Gasteiger partial charge >= 0.3 is 27.6 Å². The Morgan fingerprint density at radius 3 is 1.97 bits per heavy atom. The molecule has 0 radical (unpaired) electrons. The highest BCUT2D eigenvalue weighted by atomic mass is 31.2. The highest BCUT2D eigenvalue weighted by Gasteiger charge is 2.35. The number of ether oxygens (including phenoxy) is 3. The van der Waals surface area contributed by atoms with E-state index in [9.17, 15) is 44.0 Å². The summed E-state index contributed by atoms with van der Waals surface area (Å²) in [4.78, 5) is 53.0. The number of esters is 2. The first-order valence-corrected chi connectivity index (χ1v) is 25.8. The molecule has 0 aliphatic carbocycles. The van der Waals surface area contributed by atoms with Gasteiger partial charge in [-0.3, -0.25) is 23.2 Å². The van der Waals surface area contributed by atoms with Gasteiger partial charge in [0.05, 0.1) is 38.1 Å². The third kappa shape index (κ3) is 34.0. The lowest BCUT2D eigenvalue weighted by atomic mass is 9.87. The van der Waals surface area contributed by atoms with Crippen molar-refractivity contribution < 1.29 is 81.6 Å². The molecule has 0 bridgehead atoms. The molecular formula is C44H78O17P2. The molecule has 1 aliphatic rings. The molecule has 1 saturated heterocycles. The summed E-state index contributed by atoms with van der Waals surface area (Å²) in [5.41, 5.74) is 0. The molecular weight excluding hydrogens is 862 g/mol. The molecule has 8 atom stereocenters. The maximum Gasteiger partial charge on any atom is 0.472 e. The maximum absolute atomic E-state index is 12.8. The lowest BCUT2D eigenvalue weighted by molar-refractivity contribution is -0.199. The molecule has 19 heteroatoms. The molecule has 1 rings (SSSR count). The second-order valence-electron chi connectivity index (χ2n) is 15.9. The Morgan fingerprint density at radius 1 is 0.698 bits per heavy atom. The zero-order valence-corrected chi connectivity index (χ0v) is 39.2. The molecule has 1 fully saturated rings. The van der Waals surface area contributed by atoms with Crippen LogP contribution in [0.2, 0.25) is 0 Å². The fraction of sp³-hybridized carbons (Fsp3) is 0.773. The Bertz CT molecular complexity index is 1420. The van der Waals surface area contributed by atoms with Gasteiger partial charge in [-0.25, -0.2) is 9.13 Å². The van der Waals surface area contributed by atoms with Gasteiger partial charge in [-0.1, -0.05) is 120 Å². The van der Waals surface area contributed by atoms with E-state index in [2.05, 4.69) is 47.2 Å². The van der Waals surface area contributed by atoms with Crippen molar-refractivity contribution in [1.29, 1.82) is 0 Å². The minimum absolute atomic E-state index is 0.0538. The van der Waals surface area contributed by atoms with Crippen molar-refractivity contribution in [1.82, 2.24) is 0 Å². The zero-order valence-electron chi connectivity index (χ0n) is 37.4. The van der Waals surface area contributed by atoms with Crippen molar-refractivity contribution in [2.75, 3.05) is 26.4 Å². The fourth-order valence-corrected chi connectivity index (χ4v) is 7.59. The van der Waals surface area contributed by atoms with Crippen molar-refractivity contribution in [2.45, 2.75) is 185 Å². The van der Waals surface area contributed by atoms with Crippen LogP contribution in [0.1, 0.15) is 149 Å². The van der Waals surface area contributed by atoms with Gasteiger partial charge in [-0.15, -0.1) is 0 Å². The van der Waals surface area contributed by atoms with E-state index in [0.29, 0.717) is 32.1 Å². The van der Waals surface area contributed by atoms with E-state index >= 15 is 0 Å². The van der Waals surface area contributed by atoms with Gasteiger partial charge in [0.15, 0.2) is 12.4 Å². The number of hydrogen-bond donors (Lipinski definition) is 7. The normalized spacial score (nSPS) is 21.0. The molecule has 0 aromatic carbocycles. The van der Waals surface area contributed by atoms with Crippen molar-refractivity contribution >= 4 is 27.6 Å². The average molecular weight is 941 g/mol. The summed E-state index contributed by atoms with van der Waals surface area (Å²) in [7, 11) is -9.80. The molecule has 0 saturated carbocycles. The molecule has 0 aromatic heterocycles. The van der Waals surface area contributed by atoms with Crippen molar-refractivity contribution in [3.63, 3.8) is 0 Å². The fourth-order valence-electron chi connectivity index (χ4n) is 6.44. The zero-order chi connectivity index (χ0) is 46.8. The molecule has 2 unspecified atom stereocenters. The molecule has 1 aliphatic heterocycles. The first-order valence-electron chi connectivity index (χ1n) is 22.7. The molecule has 63 heavy (non-hydrogen) atoms. The van der Waals surface area contributed by atoms with Crippen LogP contribution in [0.25, 0.3) is 0 Å². The number of rotatable bonds is 38. The number of aliphatic hydroxyl groups excluding tert-OH is 4. The van der Waals surface area contributed by atoms with Crippen LogP contribution >= 0.6 is 15.6 Å². The smallest absolute Gasteiger partial charge is 0.462 e. The highest BCUT2D eigenvalue weighted by Crippen LogP contribution is 2.44. The number of phosphoric acid groups is 2. The summed E-state index contributed by atoms with van der Waals surface area (Å²) >= 11 is 0. The molecule has 366 valence electrons. The van der Waals surface area contributed by atoms with E-state index in [0.717, 1.165) is 57.8 Å². The van der Waals surface area contributed by atoms with E-state index in [1.807, 2.05) is 12.2 Å². The molecule has 0 spiro atoms. The minimum atomic E-state index is -4.90. The SMILES string of the molecule is CCCCCC/C=C\C=C/CCCCCCCC(=O)OC[C@H](COP(=O)(O)OC[C@@H](O)COP(=O)(O)O)OC(=O)CCC/C=C\C[C@H]1[C@@H](O)CC(O)O[C@@H]1/C=C/[C@@H](O)CCCCC. The Hall–Kier alpha value is -2.08. The number of phosphoric ester groups is 2. The number of unbranched alkanes of at least 4 members (excludes halogenated alkanes) is 12. The van der Waals surface area contributed by atoms with Crippen LogP contribution < -0.4 is 0 Å². The van der Waals surface area contributed by atoms with Gasteiger partial charge in [0.2, 0.25) is 0 Å². The molecule has 17 nitrogen and oxygen atoms in total. The molecule has 0 amide bonds.